The van der Waals surface area contributed by atoms with Gasteiger partial charge in [-0.25, -0.2) is 0 Å². The van der Waals surface area contributed by atoms with Crippen LogP contribution in [0.15, 0.2) is 0 Å². The Morgan fingerprint density at radius 3 is 2.47 bits per heavy atom. The molecule has 1 aliphatic heterocycles. The zero-order valence-electron chi connectivity index (χ0n) is 11.0. The molecule has 0 bridgehead atoms. The Morgan fingerprint density at radius 2 is 2.07 bits per heavy atom. The number of rotatable bonds is 6. The fraction of sp³-hybridized carbons (Fsp3) is 1.00. The summed E-state index contributed by atoms with van der Waals surface area (Å²) in [4.78, 5) is 2.61. The Bertz CT molecular complexity index is 171. The number of hydrogen-bond acceptors (Lipinski definition) is 2. The molecule has 1 N–H and O–H groups in total. The lowest BCUT2D eigenvalue weighted by molar-refractivity contribution is 0.130. The molecule has 0 spiro atoms. The van der Waals surface area contributed by atoms with Gasteiger partial charge in [0.15, 0.2) is 0 Å². The molecule has 1 atom stereocenters. The van der Waals surface area contributed by atoms with Crippen molar-refractivity contribution in [3.8, 4) is 0 Å². The lowest BCUT2D eigenvalue weighted by atomic mass is 9.81. The van der Waals surface area contributed by atoms with E-state index < -0.39 is 0 Å². The lowest BCUT2D eigenvalue weighted by Gasteiger charge is -2.36. The molecule has 1 rings (SSSR count). The van der Waals surface area contributed by atoms with E-state index in [2.05, 4.69) is 37.9 Å². The highest BCUT2D eigenvalue weighted by molar-refractivity contribution is 4.90. The molecule has 0 aromatic carbocycles. The molecule has 2 nitrogen and oxygen atoms in total. The molecule has 1 fully saturated rings. The molecular weight excluding hydrogens is 184 g/mol. The average Bonchev–Trinajstić information content (AvgIpc) is 2.63. The van der Waals surface area contributed by atoms with Crippen LogP contribution >= 0.6 is 0 Å². The SMILES string of the molecule is CCCC1(CN(CC)C(C)C)CCNC1. The van der Waals surface area contributed by atoms with Crippen molar-refractivity contribution in [2.45, 2.75) is 53.0 Å². The molecule has 0 radical (unpaired) electrons. The molecule has 0 aliphatic carbocycles. The maximum Gasteiger partial charge on any atom is 0.00532 e. The molecule has 0 amide bonds. The molecule has 2 heteroatoms. The number of hydrogen-bond donors (Lipinski definition) is 1. The van der Waals surface area contributed by atoms with Gasteiger partial charge in [0, 0.05) is 19.1 Å². The topological polar surface area (TPSA) is 15.3 Å². The van der Waals surface area contributed by atoms with E-state index in [9.17, 15) is 0 Å². The monoisotopic (exact) mass is 212 g/mol. The van der Waals surface area contributed by atoms with Gasteiger partial charge >= 0.3 is 0 Å². The smallest absolute Gasteiger partial charge is 0.00532 e. The van der Waals surface area contributed by atoms with Crippen LogP contribution < -0.4 is 5.32 Å². The maximum atomic E-state index is 3.54. The predicted molar refractivity (Wildman–Crippen MR) is 67.2 cm³/mol. The van der Waals surface area contributed by atoms with Gasteiger partial charge in [-0.15, -0.1) is 0 Å². The van der Waals surface area contributed by atoms with Crippen molar-refractivity contribution < 1.29 is 0 Å². The van der Waals surface area contributed by atoms with Gasteiger partial charge in [0.2, 0.25) is 0 Å². The molecule has 1 heterocycles. The van der Waals surface area contributed by atoms with Gasteiger partial charge in [-0.2, -0.15) is 0 Å². The summed E-state index contributed by atoms with van der Waals surface area (Å²) in [6.45, 7) is 14.1. The van der Waals surface area contributed by atoms with Gasteiger partial charge in [0.25, 0.3) is 0 Å². The minimum atomic E-state index is 0.565. The van der Waals surface area contributed by atoms with Crippen molar-refractivity contribution in [2.24, 2.45) is 5.41 Å². The fourth-order valence-electron chi connectivity index (χ4n) is 2.84. The van der Waals surface area contributed by atoms with E-state index in [1.165, 1.54) is 45.4 Å². The van der Waals surface area contributed by atoms with Gasteiger partial charge in [-0.1, -0.05) is 20.3 Å². The van der Waals surface area contributed by atoms with Crippen LogP contribution in [-0.2, 0) is 0 Å². The van der Waals surface area contributed by atoms with E-state index in [1.54, 1.807) is 0 Å². The van der Waals surface area contributed by atoms with Crippen LogP contribution in [0.3, 0.4) is 0 Å². The summed E-state index contributed by atoms with van der Waals surface area (Å²) in [6, 6.07) is 0.685. The standard InChI is InChI=1S/C13H28N2/c1-5-7-13(8-9-14-10-13)11-15(6-2)12(3)4/h12,14H,5-11H2,1-4H3. The molecule has 90 valence electrons. The summed E-state index contributed by atoms with van der Waals surface area (Å²) in [5.41, 5.74) is 0.565. The highest BCUT2D eigenvalue weighted by Crippen LogP contribution is 2.32. The average molecular weight is 212 g/mol. The quantitative estimate of drug-likeness (QED) is 0.728. The van der Waals surface area contributed by atoms with Gasteiger partial charge in [-0.05, 0) is 45.2 Å². The third kappa shape index (κ3) is 3.46. The minimum absolute atomic E-state index is 0.565. The van der Waals surface area contributed by atoms with E-state index in [0.717, 1.165) is 0 Å². The zero-order chi connectivity index (χ0) is 11.3. The van der Waals surface area contributed by atoms with Crippen LogP contribution in [0.1, 0.15) is 47.0 Å². The molecule has 1 saturated heterocycles. The van der Waals surface area contributed by atoms with E-state index in [1.807, 2.05) is 0 Å². The summed E-state index contributed by atoms with van der Waals surface area (Å²) in [5, 5.41) is 3.54. The molecular formula is C13H28N2. The Morgan fingerprint density at radius 1 is 1.33 bits per heavy atom. The van der Waals surface area contributed by atoms with Crippen LogP contribution in [0.5, 0.6) is 0 Å². The maximum absolute atomic E-state index is 3.54. The molecule has 0 aromatic rings. The first-order valence-corrected chi connectivity index (χ1v) is 6.58. The Labute approximate surface area is 95.4 Å². The highest BCUT2D eigenvalue weighted by Gasteiger charge is 2.34. The van der Waals surface area contributed by atoms with Crippen LogP contribution in [0.2, 0.25) is 0 Å². The Hall–Kier alpha value is -0.0800. The summed E-state index contributed by atoms with van der Waals surface area (Å²) >= 11 is 0. The first kappa shape index (κ1) is 13.0. The van der Waals surface area contributed by atoms with Crippen molar-refractivity contribution in [3.05, 3.63) is 0 Å². The summed E-state index contributed by atoms with van der Waals surface area (Å²) < 4.78 is 0. The Kier molecular flexibility index (Phi) is 5.07. The van der Waals surface area contributed by atoms with Crippen molar-refractivity contribution >= 4 is 0 Å². The number of nitrogens with one attached hydrogen (secondary N) is 1. The van der Waals surface area contributed by atoms with Crippen molar-refractivity contribution in [1.29, 1.82) is 0 Å². The van der Waals surface area contributed by atoms with E-state index in [-0.39, 0.29) is 0 Å². The summed E-state index contributed by atoms with van der Waals surface area (Å²) in [5.74, 6) is 0. The third-order valence-corrected chi connectivity index (χ3v) is 3.79. The highest BCUT2D eigenvalue weighted by atomic mass is 15.2. The molecule has 1 aliphatic rings. The van der Waals surface area contributed by atoms with Gasteiger partial charge in [0.05, 0.1) is 0 Å². The van der Waals surface area contributed by atoms with E-state index >= 15 is 0 Å². The predicted octanol–water partition coefficient (Wildman–Crippen LogP) is 2.50. The van der Waals surface area contributed by atoms with Gasteiger partial charge < -0.3 is 10.2 Å². The molecule has 1 unspecified atom stereocenters. The normalized spacial score (nSPS) is 26.8. The van der Waals surface area contributed by atoms with Crippen molar-refractivity contribution in [2.75, 3.05) is 26.2 Å². The second-order valence-corrected chi connectivity index (χ2v) is 5.33. The van der Waals surface area contributed by atoms with Crippen molar-refractivity contribution in [3.63, 3.8) is 0 Å². The van der Waals surface area contributed by atoms with Crippen LogP contribution in [-0.4, -0.2) is 37.1 Å². The van der Waals surface area contributed by atoms with Gasteiger partial charge in [0.1, 0.15) is 0 Å². The van der Waals surface area contributed by atoms with E-state index in [4.69, 9.17) is 0 Å². The second kappa shape index (κ2) is 5.86. The first-order valence-electron chi connectivity index (χ1n) is 6.58. The molecule has 0 saturated carbocycles. The molecule has 0 aromatic heterocycles. The second-order valence-electron chi connectivity index (χ2n) is 5.33. The Balaban J connectivity index is 2.56. The largest absolute Gasteiger partial charge is 0.316 e. The fourth-order valence-corrected chi connectivity index (χ4v) is 2.84. The van der Waals surface area contributed by atoms with Crippen LogP contribution in [0.25, 0.3) is 0 Å². The minimum Gasteiger partial charge on any atom is -0.316 e. The molecule has 15 heavy (non-hydrogen) atoms. The first-order chi connectivity index (χ1) is 7.13. The summed E-state index contributed by atoms with van der Waals surface area (Å²) in [7, 11) is 0. The zero-order valence-corrected chi connectivity index (χ0v) is 11.0. The lowest BCUT2D eigenvalue weighted by Crippen LogP contribution is -2.42. The third-order valence-electron chi connectivity index (χ3n) is 3.79. The summed E-state index contributed by atoms with van der Waals surface area (Å²) in [6.07, 6.45) is 4.06. The van der Waals surface area contributed by atoms with Crippen molar-refractivity contribution in [1.82, 2.24) is 10.2 Å². The number of nitrogens with zero attached hydrogens (tertiary/aromatic N) is 1. The van der Waals surface area contributed by atoms with Crippen LogP contribution in [0, 0.1) is 5.41 Å². The van der Waals surface area contributed by atoms with Gasteiger partial charge in [-0.3, -0.25) is 0 Å². The van der Waals surface area contributed by atoms with E-state index in [0.29, 0.717) is 11.5 Å². The van der Waals surface area contributed by atoms with Crippen LogP contribution in [0.4, 0.5) is 0 Å².